The van der Waals surface area contributed by atoms with Gasteiger partial charge in [-0.25, -0.2) is 4.98 Å². The van der Waals surface area contributed by atoms with Crippen molar-refractivity contribution in [1.82, 2.24) is 9.55 Å². The predicted molar refractivity (Wildman–Crippen MR) is 51.5 cm³/mol. The fourth-order valence-corrected chi connectivity index (χ4v) is 1.89. The highest BCUT2D eigenvalue weighted by Crippen LogP contribution is 2.11. The van der Waals surface area contributed by atoms with Crippen LogP contribution in [0.4, 0.5) is 0 Å². The highest BCUT2D eigenvalue weighted by atomic mass is 32.1. The first-order chi connectivity index (χ1) is 6.68. The van der Waals surface area contributed by atoms with Crippen LogP contribution in [0.25, 0.3) is 10.9 Å². The SMILES string of the molecule is O=C(O)Cn1cnc2cscc2c1=O. The minimum absolute atomic E-state index is 0.307. The molecule has 5 nitrogen and oxygen atoms in total. The summed E-state index contributed by atoms with van der Waals surface area (Å²) in [6, 6.07) is 0. The molecule has 0 aliphatic carbocycles. The second kappa shape index (κ2) is 3.22. The summed E-state index contributed by atoms with van der Waals surface area (Å²) in [5, 5.41) is 12.4. The number of nitrogens with zero attached hydrogens (tertiary/aromatic N) is 2. The van der Waals surface area contributed by atoms with Gasteiger partial charge in [0.25, 0.3) is 5.56 Å². The molecule has 14 heavy (non-hydrogen) atoms. The number of aliphatic carboxylic acids is 1. The third kappa shape index (κ3) is 1.39. The van der Waals surface area contributed by atoms with Gasteiger partial charge in [-0.05, 0) is 0 Å². The summed E-state index contributed by atoms with van der Waals surface area (Å²) < 4.78 is 1.08. The Kier molecular flexibility index (Phi) is 2.05. The van der Waals surface area contributed by atoms with E-state index < -0.39 is 5.97 Å². The zero-order valence-corrected chi connectivity index (χ0v) is 7.82. The number of carbonyl (C=O) groups is 1. The number of thiophene rings is 1. The van der Waals surface area contributed by atoms with Crippen molar-refractivity contribution in [1.29, 1.82) is 0 Å². The van der Waals surface area contributed by atoms with E-state index in [9.17, 15) is 9.59 Å². The number of fused-ring (bicyclic) bond motifs is 1. The Morgan fingerprint density at radius 1 is 1.57 bits per heavy atom. The van der Waals surface area contributed by atoms with Crippen molar-refractivity contribution in [3.05, 3.63) is 27.4 Å². The van der Waals surface area contributed by atoms with Crippen LogP contribution in [0.2, 0.25) is 0 Å². The Bertz CT molecular complexity index is 543. The maximum atomic E-state index is 11.6. The molecule has 0 unspecified atom stereocenters. The third-order valence-corrected chi connectivity index (χ3v) is 2.51. The van der Waals surface area contributed by atoms with E-state index in [2.05, 4.69) is 4.98 Å². The van der Waals surface area contributed by atoms with Gasteiger partial charge in [0, 0.05) is 10.8 Å². The summed E-state index contributed by atoms with van der Waals surface area (Å²) in [4.78, 5) is 26.0. The van der Waals surface area contributed by atoms with Crippen molar-refractivity contribution in [2.75, 3.05) is 0 Å². The normalized spacial score (nSPS) is 10.6. The maximum Gasteiger partial charge on any atom is 0.323 e. The topological polar surface area (TPSA) is 72.2 Å². The van der Waals surface area contributed by atoms with Gasteiger partial charge in [-0.3, -0.25) is 14.2 Å². The Labute approximate surface area is 82.2 Å². The van der Waals surface area contributed by atoms with Gasteiger partial charge >= 0.3 is 5.97 Å². The average molecular weight is 210 g/mol. The predicted octanol–water partition coefficient (Wildman–Crippen LogP) is 0.543. The van der Waals surface area contributed by atoms with Crippen molar-refractivity contribution in [3.63, 3.8) is 0 Å². The van der Waals surface area contributed by atoms with Crippen LogP contribution >= 0.6 is 11.3 Å². The molecule has 0 saturated carbocycles. The first-order valence-corrected chi connectivity index (χ1v) is 4.76. The van der Waals surface area contributed by atoms with Crippen LogP contribution in [0, 0.1) is 0 Å². The van der Waals surface area contributed by atoms with Gasteiger partial charge < -0.3 is 5.11 Å². The Morgan fingerprint density at radius 3 is 3.07 bits per heavy atom. The lowest BCUT2D eigenvalue weighted by Crippen LogP contribution is -2.23. The molecule has 2 heterocycles. The Morgan fingerprint density at radius 2 is 2.36 bits per heavy atom. The van der Waals surface area contributed by atoms with Crippen LogP contribution in [-0.2, 0) is 11.3 Å². The zero-order valence-electron chi connectivity index (χ0n) is 7.01. The molecule has 72 valence electrons. The van der Waals surface area contributed by atoms with Crippen LogP contribution in [0.15, 0.2) is 21.9 Å². The van der Waals surface area contributed by atoms with Crippen molar-refractivity contribution < 1.29 is 9.90 Å². The molecule has 0 radical (unpaired) electrons. The molecule has 2 aromatic heterocycles. The monoisotopic (exact) mass is 210 g/mol. The van der Waals surface area contributed by atoms with Crippen LogP contribution in [0.5, 0.6) is 0 Å². The third-order valence-electron chi connectivity index (χ3n) is 1.77. The molecule has 2 rings (SSSR count). The lowest BCUT2D eigenvalue weighted by atomic mass is 10.4. The summed E-state index contributed by atoms with van der Waals surface area (Å²) in [5.41, 5.74) is 0.306. The average Bonchev–Trinajstić information content (AvgIpc) is 2.57. The van der Waals surface area contributed by atoms with E-state index in [0.29, 0.717) is 10.9 Å². The highest BCUT2D eigenvalue weighted by Gasteiger charge is 2.06. The molecule has 0 saturated heterocycles. The molecule has 1 N–H and O–H groups in total. The molecule has 2 aromatic rings. The number of carboxylic acids is 1. The quantitative estimate of drug-likeness (QED) is 0.785. The standard InChI is InChI=1S/C8H6N2O3S/c11-7(12)1-10-4-9-6-3-14-2-5(6)8(10)13/h2-4H,1H2,(H,11,12). The molecule has 0 spiro atoms. The van der Waals surface area contributed by atoms with Gasteiger partial charge in [-0.15, -0.1) is 11.3 Å². The largest absolute Gasteiger partial charge is 0.480 e. The molecule has 0 fully saturated rings. The fourth-order valence-electron chi connectivity index (χ4n) is 1.15. The summed E-state index contributed by atoms with van der Waals surface area (Å²) in [5.74, 6) is -1.05. The van der Waals surface area contributed by atoms with Crippen molar-refractivity contribution >= 4 is 28.2 Å². The second-order valence-corrected chi connectivity index (χ2v) is 3.49. The van der Waals surface area contributed by atoms with E-state index in [4.69, 9.17) is 5.11 Å². The number of hydrogen-bond donors (Lipinski definition) is 1. The maximum absolute atomic E-state index is 11.6. The number of aromatic nitrogens is 2. The van der Waals surface area contributed by atoms with Crippen LogP contribution in [0.3, 0.4) is 0 Å². The van der Waals surface area contributed by atoms with E-state index in [-0.39, 0.29) is 12.1 Å². The number of hydrogen-bond acceptors (Lipinski definition) is 4. The van der Waals surface area contributed by atoms with Gasteiger partial charge in [0.15, 0.2) is 0 Å². The van der Waals surface area contributed by atoms with E-state index >= 15 is 0 Å². The Balaban J connectivity index is 2.62. The van der Waals surface area contributed by atoms with Gasteiger partial charge in [0.2, 0.25) is 0 Å². The van der Waals surface area contributed by atoms with E-state index in [0.717, 1.165) is 4.57 Å². The van der Waals surface area contributed by atoms with Gasteiger partial charge in [0.1, 0.15) is 6.54 Å². The number of rotatable bonds is 2. The van der Waals surface area contributed by atoms with Gasteiger partial charge in [-0.2, -0.15) is 0 Å². The lowest BCUT2D eigenvalue weighted by Gasteiger charge is -1.99. The molecular weight excluding hydrogens is 204 g/mol. The first kappa shape index (κ1) is 8.89. The highest BCUT2D eigenvalue weighted by molar-refractivity contribution is 7.09. The molecule has 0 aliphatic heterocycles. The molecule has 6 heteroatoms. The Hall–Kier alpha value is -1.69. The lowest BCUT2D eigenvalue weighted by molar-refractivity contribution is -0.137. The van der Waals surface area contributed by atoms with E-state index in [1.165, 1.54) is 17.7 Å². The summed E-state index contributed by atoms with van der Waals surface area (Å²) in [7, 11) is 0. The van der Waals surface area contributed by atoms with Crippen LogP contribution in [0.1, 0.15) is 0 Å². The van der Waals surface area contributed by atoms with Crippen molar-refractivity contribution in [2.45, 2.75) is 6.54 Å². The van der Waals surface area contributed by atoms with Gasteiger partial charge in [-0.1, -0.05) is 0 Å². The minimum atomic E-state index is -1.05. The number of carboxylic acid groups (broad SMARTS) is 1. The first-order valence-electron chi connectivity index (χ1n) is 3.81. The second-order valence-electron chi connectivity index (χ2n) is 2.74. The molecular formula is C8H6N2O3S. The van der Waals surface area contributed by atoms with E-state index in [1.807, 2.05) is 0 Å². The smallest absolute Gasteiger partial charge is 0.323 e. The summed E-state index contributed by atoms with van der Waals surface area (Å²) in [6.45, 7) is -0.350. The summed E-state index contributed by atoms with van der Waals surface area (Å²) in [6.07, 6.45) is 1.26. The van der Waals surface area contributed by atoms with Crippen LogP contribution < -0.4 is 5.56 Å². The van der Waals surface area contributed by atoms with E-state index in [1.54, 1.807) is 10.8 Å². The van der Waals surface area contributed by atoms with Crippen LogP contribution in [-0.4, -0.2) is 20.6 Å². The minimum Gasteiger partial charge on any atom is -0.480 e. The fraction of sp³-hybridized carbons (Fsp3) is 0.125. The van der Waals surface area contributed by atoms with Crippen molar-refractivity contribution in [2.24, 2.45) is 0 Å². The summed E-state index contributed by atoms with van der Waals surface area (Å²) >= 11 is 1.37. The molecule has 0 aromatic carbocycles. The molecule has 0 atom stereocenters. The molecule has 0 bridgehead atoms. The van der Waals surface area contributed by atoms with Gasteiger partial charge in [0.05, 0.1) is 17.2 Å². The molecule has 0 amide bonds. The van der Waals surface area contributed by atoms with Crippen molar-refractivity contribution in [3.8, 4) is 0 Å². The zero-order chi connectivity index (χ0) is 10.1. The molecule has 0 aliphatic rings.